The smallest absolute Gasteiger partial charge is 0.0667 e. The Morgan fingerprint density at radius 1 is 1.11 bits per heavy atom. The molecule has 0 heterocycles. The van der Waals surface area contributed by atoms with Crippen LogP contribution in [-0.2, 0) is 0 Å². The van der Waals surface area contributed by atoms with Crippen molar-refractivity contribution in [2.45, 2.75) is 59.5 Å². The van der Waals surface area contributed by atoms with Gasteiger partial charge in [0.1, 0.15) is 0 Å². The van der Waals surface area contributed by atoms with Crippen LogP contribution < -0.4 is 0 Å². The van der Waals surface area contributed by atoms with Crippen LogP contribution in [0.15, 0.2) is 5.16 Å². The molecule has 0 aromatic heterocycles. The Bertz CT molecular complexity index is 417. The van der Waals surface area contributed by atoms with Crippen molar-refractivity contribution in [1.82, 2.24) is 0 Å². The molecule has 0 saturated heterocycles. The van der Waals surface area contributed by atoms with Crippen LogP contribution in [0.5, 0.6) is 0 Å². The highest BCUT2D eigenvalue weighted by Gasteiger charge is 2.70. The van der Waals surface area contributed by atoms with Crippen LogP contribution in [0.3, 0.4) is 0 Å². The molecule has 0 spiro atoms. The zero-order chi connectivity index (χ0) is 13.3. The van der Waals surface area contributed by atoms with Gasteiger partial charge in [0, 0.05) is 16.7 Å². The van der Waals surface area contributed by atoms with Crippen LogP contribution >= 0.6 is 0 Å². The first-order chi connectivity index (χ1) is 8.27. The summed E-state index contributed by atoms with van der Waals surface area (Å²) in [5, 5.41) is 23.9. The van der Waals surface area contributed by atoms with Gasteiger partial charge in [0.05, 0.1) is 11.8 Å². The Morgan fingerprint density at radius 3 is 2.33 bits per heavy atom. The molecule has 0 radical (unpaired) electrons. The predicted octanol–water partition coefficient (Wildman–Crippen LogP) is 3.05. The molecule has 2 N–H and O–H groups in total. The summed E-state index contributed by atoms with van der Waals surface area (Å²) in [7, 11) is 0. The second-order valence-corrected chi connectivity index (χ2v) is 7.93. The topological polar surface area (TPSA) is 52.8 Å². The maximum absolute atomic E-state index is 10.8. The predicted molar refractivity (Wildman–Crippen MR) is 70.7 cm³/mol. The third kappa shape index (κ3) is 1.17. The first-order valence-corrected chi connectivity index (χ1v) is 7.18. The Morgan fingerprint density at radius 2 is 1.72 bits per heavy atom. The van der Waals surface area contributed by atoms with Gasteiger partial charge in [0.25, 0.3) is 0 Å². The van der Waals surface area contributed by atoms with Crippen molar-refractivity contribution in [3.8, 4) is 0 Å². The summed E-state index contributed by atoms with van der Waals surface area (Å²) in [6.45, 7) is 8.80. The molecule has 3 aliphatic carbocycles. The van der Waals surface area contributed by atoms with Crippen LogP contribution in [0.2, 0.25) is 0 Å². The van der Waals surface area contributed by atoms with Crippen molar-refractivity contribution < 1.29 is 10.3 Å². The summed E-state index contributed by atoms with van der Waals surface area (Å²) in [6.07, 6.45) is 4.15. The number of aliphatic hydroxyl groups is 1. The first kappa shape index (κ1) is 12.5. The summed E-state index contributed by atoms with van der Waals surface area (Å²) < 4.78 is 0. The average Bonchev–Trinajstić information content (AvgIpc) is 2.60. The van der Waals surface area contributed by atoms with Gasteiger partial charge in [0.2, 0.25) is 0 Å². The van der Waals surface area contributed by atoms with Crippen LogP contribution in [-0.4, -0.2) is 22.1 Å². The Hall–Kier alpha value is -0.570. The molecule has 0 aromatic rings. The van der Waals surface area contributed by atoms with Gasteiger partial charge in [-0.2, -0.15) is 0 Å². The Balaban J connectivity index is 2.15. The number of nitrogens with zero attached hydrogens (tertiary/aromatic N) is 1. The fourth-order valence-corrected chi connectivity index (χ4v) is 5.56. The molecule has 2 bridgehead atoms. The van der Waals surface area contributed by atoms with Gasteiger partial charge in [-0.3, -0.25) is 0 Å². The van der Waals surface area contributed by atoms with Crippen LogP contribution in [0.25, 0.3) is 0 Å². The van der Waals surface area contributed by atoms with Crippen molar-refractivity contribution in [3.05, 3.63) is 0 Å². The summed E-state index contributed by atoms with van der Waals surface area (Å²) in [5.74, 6) is 0.737. The molecule has 5 atom stereocenters. The molecule has 3 aliphatic rings. The van der Waals surface area contributed by atoms with Crippen molar-refractivity contribution >= 4 is 5.71 Å². The molecule has 3 nitrogen and oxygen atoms in total. The van der Waals surface area contributed by atoms with Crippen molar-refractivity contribution in [2.75, 3.05) is 0 Å². The van der Waals surface area contributed by atoms with Gasteiger partial charge < -0.3 is 10.3 Å². The summed E-state index contributed by atoms with van der Waals surface area (Å²) in [5.41, 5.74) is 0.832. The molecule has 18 heavy (non-hydrogen) atoms. The quantitative estimate of drug-likeness (QED) is 0.513. The van der Waals surface area contributed by atoms with E-state index in [1.54, 1.807) is 0 Å². The van der Waals surface area contributed by atoms with Gasteiger partial charge in [-0.05, 0) is 30.6 Å². The highest BCUT2D eigenvalue weighted by molar-refractivity contribution is 5.95. The van der Waals surface area contributed by atoms with Crippen LogP contribution in [0.4, 0.5) is 0 Å². The van der Waals surface area contributed by atoms with Gasteiger partial charge >= 0.3 is 0 Å². The monoisotopic (exact) mass is 251 g/mol. The minimum atomic E-state index is -0.249. The van der Waals surface area contributed by atoms with Crippen LogP contribution in [0.1, 0.15) is 53.4 Å². The van der Waals surface area contributed by atoms with Crippen molar-refractivity contribution in [1.29, 1.82) is 0 Å². The fraction of sp³-hybridized carbons (Fsp3) is 0.933. The molecule has 102 valence electrons. The molecule has 0 amide bonds. The zero-order valence-electron chi connectivity index (χ0n) is 11.9. The number of hydrogen-bond acceptors (Lipinski definition) is 3. The molecule has 3 saturated carbocycles. The normalized spacial score (nSPS) is 55.8. The molecule has 3 rings (SSSR count). The fourth-order valence-electron chi connectivity index (χ4n) is 5.56. The summed E-state index contributed by atoms with van der Waals surface area (Å²) >= 11 is 0. The van der Waals surface area contributed by atoms with Gasteiger partial charge in [-0.25, -0.2) is 0 Å². The van der Waals surface area contributed by atoms with E-state index in [9.17, 15) is 10.3 Å². The van der Waals surface area contributed by atoms with E-state index in [0.29, 0.717) is 5.92 Å². The van der Waals surface area contributed by atoms with Crippen LogP contribution in [0, 0.1) is 28.1 Å². The highest BCUT2D eigenvalue weighted by Crippen LogP contribution is 2.70. The number of aliphatic hydroxyl groups excluding tert-OH is 1. The number of fused-ring (bicyclic) bond motifs is 5. The molecular weight excluding hydrogens is 226 g/mol. The van der Waals surface area contributed by atoms with Crippen molar-refractivity contribution in [2.24, 2.45) is 33.2 Å². The van der Waals surface area contributed by atoms with Crippen molar-refractivity contribution in [3.63, 3.8) is 0 Å². The third-order valence-corrected chi connectivity index (χ3v) is 6.47. The minimum absolute atomic E-state index is 0.0153. The summed E-state index contributed by atoms with van der Waals surface area (Å²) in [4.78, 5) is 0. The second kappa shape index (κ2) is 3.30. The number of oxime groups is 1. The Labute approximate surface area is 109 Å². The molecule has 3 heteroatoms. The number of hydrogen-bond donors (Lipinski definition) is 2. The first-order valence-electron chi connectivity index (χ1n) is 7.18. The van der Waals surface area contributed by atoms with Gasteiger partial charge in [0.15, 0.2) is 0 Å². The van der Waals surface area contributed by atoms with E-state index in [1.807, 2.05) is 0 Å². The summed E-state index contributed by atoms with van der Waals surface area (Å²) in [6, 6.07) is 0. The van der Waals surface area contributed by atoms with E-state index in [-0.39, 0.29) is 28.3 Å². The molecular formula is C15H25NO2. The maximum Gasteiger partial charge on any atom is 0.0667 e. The zero-order valence-corrected chi connectivity index (χ0v) is 11.9. The lowest BCUT2D eigenvalue weighted by Gasteiger charge is -2.44. The van der Waals surface area contributed by atoms with E-state index in [4.69, 9.17) is 0 Å². The third-order valence-electron chi connectivity index (χ3n) is 6.47. The average molecular weight is 251 g/mol. The van der Waals surface area contributed by atoms with E-state index < -0.39 is 0 Å². The lowest BCUT2D eigenvalue weighted by molar-refractivity contribution is -0.0580. The largest absolute Gasteiger partial charge is 0.411 e. The number of rotatable bonds is 0. The van der Waals surface area contributed by atoms with E-state index >= 15 is 0 Å². The second-order valence-electron chi connectivity index (χ2n) is 7.93. The molecule has 3 fully saturated rings. The van der Waals surface area contributed by atoms with E-state index in [1.165, 1.54) is 6.42 Å². The lowest BCUT2D eigenvalue weighted by Crippen LogP contribution is -2.45. The standard InChI is InChI=1S/C15H25NO2/c1-13(2)8-9-10(11(13)16-18)15(4)7-5-6-14(9,3)12(15)17/h9-10,12,17-18H,5-8H2,1-4H3/b16-11-. The minimum Gasteiger partial charge on any atom is -0.411 e. The highest BCUT2D eigenvalue weighted by atomic mass is 16.4. The molecule has 0 aromatic carbocycles. The molecule has 0 aliphatic heterocycles. The Kier molecular flexibility index (Phi) is 2.28. The maximum atomic E-state index is 10.8. The van der Waals surface area contributed by atoms with Gasteiger partial charge in [-0.1, -0.05) is 39.3 Å². The lowest BCUT2D eigenvalue weighted by atomic mass is 9.63. The van der Waals surface area contributed by atoms with E-state index in [2.05, 4.69) is 32.9 Å². The molecule has 5 unspecified atom stereocenters. The SMILES string of the molecule is CC1(C)CC2C(/C1=N/O)C1(C)CCCC2(C)C1O. The van der Waals surface area contributed by atoms with E-state index in [0.717, 1.165) is 25.0 Å². The van der Waals surface area contributed by atoms with Gasteiger partial charge in [-0.15, -0.1) is 0 Å².